The molecular weight excluding hydrogens is 410 g/mol. The van der Waals surface area contributed by atoms with Gasteiger partial charge in [0.1, 0.15) is 11.5 Å². The molecule has 0 atom stereocenters. The Morgan fingerprint density at radius 2 is 1.07 bits per heavy atom. The number of nitrogens with zero attached hydrogens (tertiary/aromatic N) is 2. The zero-order valence-electron chi connectivity index (χ0n) is 17.3. The van der Waals surface area contributed by atoms with Gasteiger partial charge in [-0.15, -0.1) is 0 Å². The summed E-state index contributed by atoms with van der Waals surface area (Å²) in [6.45, 7) is 0.00729. The first kappa shape index (κ1) is 28.9. The molecule has 2 aromatic carbocycles. The van der Waals surface area contributed by atoms with Crippen molar-refractivity contribution in [1.29, 1.82) is 0 Å². The number of phenols is 2. The van der Waals surface area contributed by atoms with Gasteiger partial charge in [0.15, 0.2) is 0 Å². The molecule has 0 aliphatic rings. The molecule has 0 heterocycles. The Morgan fingerprint density at radius 1 is 0.700 bits per heavy atom. The van der Waals surface area contributed by atoms with Crippen molar-refractivity contribution < 1.29 is 89.1 Å². The van der Waals surface area contributed by atoms with Gasteiger partial charge in [-0.05, 0) is 12.1 Å². The van der Waals surface area contributed by atoms with Crippen LogP contribution in [0.15, 0.2) is 48.5 Å². The smallest absolute Gasteiger partial charge is 0.549 e. The summed E-state index contributed by atoms with van der Waals surface area (Å²) in [6, 6.07) is 13.6. The molecule has 0 radical (unpaired) electrons. The van der Waals surface area contributed by atoms with Gasteiger partial charge >= 0.3 is 59.1 Å². The second-order valence-electron chi connectivity index (χ2n) is 6.42. The van der Waals surface area contributed by atoms with Crippen LogP contribution in [-0.4, -0.2) is 58.1 Å². The third-order valence-corrected chi connectivity index (χ3v) is 4.21. The molecule has 0 bridgehead atoms. The van der Waals surface area contributed by atoms with Gasteiger partial charge in [-0.2, -0.15) is 0 Å². The van der Waals surface area contributed by atoms with Crippen LogP contribution >= 0.6 is 0 Å². The number of phenolic OH excluding ortho intramolecular Hbond substituents is 2. The van der Waals surface area contributed by atoms with Crippen LogP contribution in [0, 0.1) is 0 Å². The largest absolute Gasteiger partial charge is 1.00 e. The van der Waals surface area contributed by atoms with Crippen molar-refractivity contribution >= 4 is 11.9 Å². The second-order valence-corrected chi connectivity index (χ2v) is 6.42. The molecule has 0 unspecified atom stereocenters. The Balaban J connectivity index is 0.00000420. The molecular formula is C20H22N2Na2O6. The summed E-state index contributed by atoms with van der Waals surface area (Å²) in [4.78, 5) is 24.8. The van der Waals surface area contributed by atoms with Crippen molar-refractivity contribution in [2.24, 2.45) is 0 Å². The number of hydrogen-bond acceptors (Lipinski definition) is 8. The SMILES string of the molecule is O=C([O-])CN(CCN(Cc1ccccc1O)Cc1ccccc1O)CC(=O)[O-].[Na+].[Na+]. The summed E-state index contributed by atoms with van der Waals surface area (Å²) >= 11 is 0. The van der Waals surface area contributed by atoms with Gasteiger partial charge in [-0.3, -0.25) is 9.80 Å². The number of carbonyl (C=O) groups excluding carboxylic acids is 2. The minimum atomic E-state index is -1.38. The standard InChI is InChI=1S/C20H24N2O6.2Na/c23-17-7-3-1-5-15(17)11-21(12-16-6-2-4-8-18(16)24)9-10-22(13-19(25)26)14-20(27)28;;/h1-8,23-24H,9-14H2,(H,25,26)(H,27,28);;/q;2*+1/p-2. The summed E-state index contributed by atoms with van der Waals surface area (Å²) in [5.41, 5.74) is 1.31. The maximum atomic E-state index is 10.9. The van der Waals surface area contributed by atoms with E-state index < -0.39 is 25.0 Å². The van der Waals surface area contributed by atoms with E-state index in [9.17, 15) is 30.0 Å². The van der Waals surface area contributed by atoms with Gasteiger partial charge in [0.05, 0.1) is 11.9 Å². The molecule has 8 nitrogen and oxygen atoms in total. The summed E-state index contributed by atoms with van der Waals surface area (Å²) in [5.74, 6) is -2.53. The van der Waals surface area contributed by atoms with Crippen LogP contribution < -0.4 is 69.3 Å². The van der Waals surface area contributed by atoms with Gasteiger partial charge in [-0.1, -0.05) is 36.4 Å². The first-order valence-corrected chi connectivity index (χ1v) is 8.73. The fourth-order valence-corrected chi connectivity index (χ4v) is 2.85. The van der Waals surface area contributed by atoms with Gasteiger partial charge in [-0.25, -0.2) is 0 Å². The molecule has 0 aromatic heterocycles. The monoisotopic (exact) mass is 432 g/mol. The van der Waals surface area contributed by atoms with E-state index in [-0.39, 0.29) is 77.2 Å². The average molecular weight is 432 g/mol. The summed E-state index contributed by atoms with van der Waals surface area (Å²) in [5, 5.41) is 41.8. The summed E-state index contributed by atoms with van der Waals surface area (Å²) < 4.78 is 0. The van der Waals surface area contributed by atoms with E-state index in [2.05, 4.69) is 0 Å². The minimum absolute atomic E-state index is 0. The summed E-state index contributed by atoms with van der Waals surface area (Å²) in [6.07, 6.45) is 0. The third-order valence-electron chi connectivity index (χ3n) is 4.21. The van der Waals surface area contributed by atoms with Crippen LogP contribution in [0.3, 0.4) is 0 Å². The predicted octanol–water partition coefficient (Wildman–Crippen LogP) is -7.09. The number of para-hydroxylation sites is 2. The molecule has 0 fully saturated rings. The van der Waals surface area contributed by atoms with E-state index in [1.54, 1.807) is 48.5 Å². The number of rotatable bonds is 11. The number of benzene rings is 2. The summed E-state index contributed by atoms with van der Waals surface area (Å²) in [7, 11) is 0. The van der Waals surface area contributed by atoms with Gasteiger partial charge < -0.3 is 30.0 Å². The van der Waals surface area contributed by atoms with Crippen LogP contribution in [0.1, 0.15) is 11.1 Å². The van der Waals surface area contributed by atoms with Gasteiger partial charge in [0.25, 0.3) is 0 Å². The molecule has 0 spiro atoms. The van der Waals surface area contributed by atoms with Crippen LogP contribution in [0.5, 0.6) is 11.5 Å². The second kappa shape index (κ2) is 14.8. The first-order chi connectivity index (χ1) is 13.3. The Morgan fingerprint density at radius 3 is 1.43 bits per heavy atom. The number of carboxylic acids is 2. The Labute approximate surface area is 219 Å². The molecule has 30 heavy (non-hydrogen) atoms. The van der Waals surface area contributed by atoms with E-state index in [0.29, 0.717) is 30.8 Å². The average Bonchev–Trinajstić information content (AvgIpc) is 2.62. The predicted molar refractivity (Wildman–Crippen MR) is 96.8 cm³/mol. The number of hydrogen-bond donors (Lipinski definition) is 2. The van der Waals surface area contributed by atoms with Crippen molar-refractivity contribution in [3.05, 3.63) is 59.7 Å². The van der Waals surface area contributed by atoms with E-state index in [0.717, 1.165) is 0 Å². The molecule has 2 N–H and O–H groups in total. The quantitative estimate of drug-likeness (QED) is 0.336. The van der Waals surface area contributed by atoms with Gasteiger partial charge in [0.2, 0.25) is 0 Å². The fraction of sp³-hybridized carbons (Fsp3) is 0.300. The fourth-order valence-electron chi connectivity index (χ4n) is 2.85. The molecule has 0 saturated carbocycles. The van der Waals surface area contributed by atoms with Gasteiger partial charge in [0, 0.05) is 50.4 Å². The number of aliphatic carboxylic acids is 2. The van der Waals surface area contributed by atoms with Crippen LogP contribution in [0.2, 0.25) is 0 Å². The van der Waals surface area contributed by atoms with E-state index in [1.165, 1.54) is 4.90 Å². The zero-order valence-corrected chi connectivity index (χ0v) is 21.3. The minimum Gasteiger partial charge on any atom is -0.549 e. The van der Waals surface area contributed by atoms with E-state index >= 15 is 0 Å². The van der Waals surface area contributed by atoms with E-state index in [4.69, 9.17) is 0 Å². The number of carbonyl (C=O) groups is 2. The Hall–Kier alpha value is -1.10. The third kappa shape index (κ3) is 10.3. The van der Waals surface area contributed by atoms with Crippen LogP contribution in [-0.2, 0) is 22.7 Å². The maximum absolute atomic E-state index is 10.9. The Bertz CT molecular complexity index is 758. The first-order valence-electron chi connectivity index (χ1n) is 8.73. The van der Waals surface area contributed by atoms with Crippen LogP contribution in [0.25, 0.3) is 0 Å². The van der Waals surface area contributed by atoms with Crippen molar-refractivity contribution in [2.75, 3.05) is 26.2 Å². The molecule has 0 aliphatic carbocycles. The van der Waals surface area contributed by atoms with Crippen molar-refractivity contribution in [3.8, 4) is 11.5 Å². The van der Waals surface area contributed by atoms with Crippen LogP contribution in [0.4, 0.5) is 0 Å². The molecule has 10 heteroatoms. The van der Waals surface area contributed by atoms with Crippen molar-refractivity contribution in [1.82, 2.24) is 9.80 Å². The van der Waals surface area contributed by atoms with Crippen molar-refractivity contribution in [2.45, 2.75) is 13.1 Å². The normalized spacial score (nSPS) is 10.3. The zero-order chi connectivity index (χ0) is 20.5. The molecule has 0 amide bonds. The Kier molecular flexibility index (Phi) is 14.3. The topological polar surface area (TPSA) is 127 Å². The maximum Gasteiger partial charge on any atom is 1.00 e. The molecule has 2 rings (SSSR count). The van der Waals surface area contributed by atoms with E-state index in [1.807, 2.05) is 4.90 Å². The number of aromatic hydroxyl groups is 2. The molecule has 0 aliphatic heterocycles. The molecule has 0 saturated heterocycles. The van der Waals surface area contributed by atoms with Crippen molar-refractivity contribution in [3.63, 3.8) is 0 Å². The molecule has 2 aromatic rings. The number of carboxylic acid groups (broad SMARTS) is 2. The molecule has 150 valence electrons.